The Bertz CT molecular complexity index is 974. The number of rotatable bonds is 11. The molecule has 34 heavy (non-hydrogen) atoms. The Morgan fingerprint density at radius 1 is 1.03 bits per heavy atom. The van der Waals surface area contributed by atoms with E-state index < -0.39 is 12.1 Å². The summed E-state index contributed by atoms with van der Waals surface area (Å²) in [6.45, 7) is 6.31. The van der Waals surface area contributed by atoms with Crippen LogP contribution in [0.5, 0.6) is 0 Å². The molecule has 0 radical (unpaired) electrons. The molecule has 2 amide bonds. The van der Waals surface area contributed by atoms with Gasteiger partial charge in [-0.2, -0.15) is 0 Å². The predicted molar refractivity (Wildman–Crippen MR) is 131 cm³/mol. The van der Waals surface area contributed by atoms with Gasteiger partial charge in [0, 0.05) is 37.4 Å². The van der Waals surface area contributed by atoms with E-state index in [1.807, 2.05) is 45.0 Å². The van der Waals surface area contributed by atoms with Gasteiger partial charge in [0.25, 0.3) is 0 Å². The number of benzene rings is 2. The van der Waals surface area contributed by atoms with Crippen LogP contribution in [0.4, 0.5) is 4.79 Å². The summed E-state index contributed by atoms with van der Waals surface area (Å²) in [5.74, 6) is -1.00. The molecule has 1 atom stereocenters. The molecule has 3 rings (SSSR count). The SMILES string of the molecule is CC[C@@H](CC(=O)N(CCCC(=O)O)C(C)C)NC(=O)OCC1c2ccccc2-c2ccccc21. The molecule has 7 heteroatoms. The highest BCUT2D eigenvalue weighted by molar-refractivity contribution is 5.80. The molecule has 0 spiro atoms. The molecule has 0 bridgehead atoms. The van der Waals surface area contributed by atoms with E-state index in [2.05, 4.69) is 29.6 Å². The lowest BCUT2D eigenvalue weighted by Gasteiger charge is -2.28. The number of nitrogens with zero attached hydrogens (tertiary/aromatic N) is 1. The molecule has 2 aromatic carbocycles. The van der Waals surface area contributed by atoms with Crippen LogP contribution in [-0.4, -0.2) is 53.2 Å². The lowest BCUT2D eigenvalue weighted by molar-refractivity contribution is -0.138. The summed E-state index contributed by atoms with van der Waals surface area (Å²) in [6.07, 6.45) is 0.605. The molecule has 2 N–H and O–H groups in total. The second-order valence-electron chi connectivity index (χ2n) is 8.96. The Balaban J connectivity index is 1.56. The number of carbonyl (C=O) groups excluding carboxylic acids is 2. The monoisotopic (exact) mass is 466 g/mol. The summed E-state index contributed by atoms with van der Waals surface area (Å²) in [6, 6.07) is 15.9. The Labute approximate surface area is 201 Å². The zero-order valence-electron chi connectivity index (χ0n) is 20.1. The van der Waals surface area contributed by atoms with Crippen molar-refractivity contribution < 1.29 is 24.2 Å². The molecule has 2 aromatic rings. The molecule has 0 unspecified atom stereocenters. The molecule has 1 aliphatic carbocycles. The summed E-state index contributed by atoms with van der Waals surface area (Å²) in [7, 11) is 0. The fourth-order valence-electron chi connectivity index (χ4n) is 4.50. The van der Waals surface area contributed by atoms with Crippen molar-refractivity contribution in [3.63, 3.8) is 0 Å². The van der Waals surface area contributed by atoms with E-state index in [9.17, 15) is 14.4 Å². The molecule has 0 saturated carbocycles. The summed E-state index contributed by atoms with van der Waals surface area (Å²) in [5, 5.41) is 11.7. The Hall–Kier alpha value is -3.35. The van der Waals surface area contributed by atoms with Crippen molar-refractivity contribution in [2.45, 2.75) is 64.5 Å². The first-order valence-corrected chi connectivity index (χ1v) is 11.9. The summed E-state index contributed by atoms with van der Waals surface area (Å²) in [4.78, 5) is 37.9. The quantitative estimate of drug-likeness (QED) is 0.496. The predicted octanol–water partition coefficient (Wildman–Crippen LogP) is 4.80. The third-order valence-corrected chi connectivity index (χ3v) is 6.31. The summed E-state index contributed by atoms with van der Waals surface area (Å²) in [5.41, 5.74) is 4.63. The number of carboxylic acids is 1. The molecular formula is C27H34N2O5. The van der Waals surface area contributed by atoms with Crippen LogP contribution in [0, 0.1) is 0 Å². The molecule has 7 nitrogen and oxygen atoms in total. The number of hydrogen-bond acceptors (Lipinski definition) is 4. The zero-order valence-corrected chi connectivity index (χ0v) is 20.1. The van der Waals surface area contributed by atoms with Crippen molar-refractivity contribution in [2.75, 3.05) is 13.2 Å². The van der Waals surface area contributed by atoms with Gasteiger partial charge in [-0.1, -0.05) is 55.5 Å². The van der Waals surface area contributed by atoms with Gasteiger partial charge in [-0.05, 0) is 48.9 Å². The highest BCUT2D eigenvalue weighted by Crippen LogP contribution is 2.44. The van der Waals surface area contributed by atoms with Crippen LogP contribution in [-0.2, 0) is 14.3 Å². The zero-order chi connectivity index (χ0) is 24.7. The van der Waals surface area contributed by atoms with Crippen molar-refractivity contribution in [1.29, 1.82) is 0 Å². The van der Waals surface area contributed by atoms with Crippen LogP contribution in [0.2, 0.25) is 0 Å². The molecule has 0 heterocycles. The van der Waals surface area contributed by atoms with Crippen LogP contribution in [0.3, 0.4) is 0 Å². The van der Waals surface area contributed by atoms with Crippen molar-refractivity contribution in [2.24, 2.45) is 0 Å². The van der Waals surface area contributed by atoms with Crippen LogP contribution in [0.1, 0.15) is 63.5 Å². The van der Waals surface area contributed by atoms with Crippen molar-refractivity contribution in [3.8, 4) is 11.1 Å². The van der Waals surface area contributed by atoms with E-state index >= 15 is 0 Å². The van der Waals surface area contributed by atoms with Gasteiger partial charge in [-0.25, -0.2) is 4.79 Å². The van der Waals surface area contributed by atoms with Gasteiger partial charge in [0.05, 0.1) is 0 Å². The second kappa shape index (κ2) is 11.7. The van der Waals surface area contributed by atoms with Crippen LogP contribution in [0.15, 0.2) is 48.5 Å². The Morgan fingerprint density at radius 3 is 2.15 bits per heavy atom. The van der Waals surface area contributed by atoms with Gasteiger partial charge in [-0.15, -0.1) is 0 Å². The van der Waals surface area contributed by atoms with Crippen molar-refractivity contribution in [3.05, 3.63) is 59.7 Å². The second-order valence-corrected chi connectivity index (χ2v) is 8.96. The van der Waals surface area contributed by atoms with E-state index in [0.29, 0.717) is 19.4 Å². The summed E-state index contributed by atoms with van der Waals surface area (Å²) >= 11 is 0. The average molecular weight is 467 g/mol. The molecular weight excluding hydrogens is 432 g/mol. The Morgan fingerprint density at radius 2 is 1.62 bits per heavy atom. The number of ether oxygens (including phenoxy) is 1. The molecule has 182 valence electrons. The lowest BCUT2D eigenvalue weighted by Crippen LogP contribution is -2.43. The van der Waals surface area contributed by atoms with Gasteiger partial charge in [0.1, 0.15) is 6.61 Å². The highest BCUT2D eigenvalue weighted by atomic mass is 16.5. The topological polar surface area (TPSA) is 95.9 Å². The fourth-order valence-corrected chi connectivity index (χ4v) is 4.50. The number of carbonyl (C=O) groups is 3. The molecule has 0 saturated heterocycles. The molecule has 0 aliphatic heterocycles. The number of alkyl carbamates (subject to hydrolysis) is 1. The molecule has 0 aromatic heterocycles. The van der Waals surface area contributed by atoms with Crippen molar-refractivity contribution >= 4 is 18.0 Å². The number of hydrogen-bond donors (Lipinski definition) is 2. The van der Waals surface area contributed by atoms with E-state index in [1.165, 1.54) is 11.1 Å². The number of nitrogens with one attached hydrogen (secondary N) is 1. The highest BCUT2D eigenvalue weighted by Gasteiger charge is 2.29. The Kier molecular flexibility index (Phi) is 8.68. The van der Waals surface area contributed by atoms with E-state index in [1.54, 1.807) is 4.90 Å². The smallest absolute Gasteiger partial charge is 0.407 e. The van der Waals surface area contributed by atoms with Gasteiger partial charge < -0.3 is 20.1 Å². The van der Waals surface area contributed by atoms with E-state index in [0.717, 1.165) is 11.1 Å². The summed E-state index contributed by atoms with van der Waals surface area (Å²) < 4.78 is 5.61. The van der Waals surface area contributed by atoms with Crippen LogP contribution < -0.4 is 5.32 Å². The minimum absolute atomic E-state index is 0.0195. The number of aliphatic carboxylic acids is 1. The molecule has 0 fully saturated rings. The van der Waals surface area contributed by atoms with E-state index in [-0.39, 0.29) is 43.4 Å². The number of amides is 2. The third-order valence-electron chi connectivity index (χ3n) is 6.31. The minimum atomic E-state index is -0.875. The number of fused-ring (bicyclic) bond motifs is 3. The molecule has 1 aliphatic rings. The lowest BCUT2D eigenvalue weighted by atomic mass is 9.98. The maximum Gasteiger partial charge on any atom is 0.407 e. The first-order valence-electron chi connectivity index (χ1n) is 11.9. The third kappa shape index (κ3) is 6.16. The number of carboxylic acid groups (broad SMARTS) is 1. The fraction of sp³-hybridized carbons (Fsp3) is 0.444. The van der Waals surface area contributed by atoms with Gasteiger partial charge >= 0.3 is 12.1 Å². The first-order chi connectivity index (χ1) is 16.3. The normalized spacial score (nSPS) is 13.2. The van der Waals surface area contributed by atoms with Crippen LogP contribution >= 0.6 is 0 Å². The maximum atomic E-state index is 12.8. The van der Waals surface area contributed by atoms with Gasteiger partial charge in [-0.3, -0.25) is 9.59 Å². The maximum absolute atomic E-state index is 12.8. The largest absolute Gasteiger partial charge is 0.481 e. The van der Waals surface area contributed by atoms with Crippen LogP contribution in [0.25, 0.3) is 11.1 Å². The standard InChI is InChI=1S/C27H34N2O5/c1-4-19(16-25(30)29(18(2)3)15-9-14-26(31)32)28-27(33)34-17-24-22-12-7-5-10-20(22)21-11-6-8-13-23(21)24/h5-8,10-13,18-19,24H,4,9,14-17H2,1-3H3,(H,28,33)(H,31,32)/t19-/m0/s1. The van der Waals surface area contributed by atoms with Gasteiger partial charge in [0.2, 0.25) is 5.91 Å². The first kappa shape index (κ1) is 25.3. The van der Waals surface area contributed by atoms with E-state index in [4.69, 9.17) is 9.84 Å². The van der Waals surface area contributed by atoms with Gasteiger partial charge in [0.15, 0.2) is 0 Å². The minimum Gasteiger partial charge on any atom is -0.481 e. The average Bonchev–Trinajstić information content (AvgIpc) is 3.13. The van der Waals surface area contributed by atoms with Crippen molar-refractivity contribution in [1.82, 2.24) is 10.2 Å².